The molecule has 1 aliphatic heterocycles. The summed E-state index contributed by atoms with van der Waals surface area (Å²) in [7, 11) is 0. The lowest BCUT2D eigenvalue weighted by molar-refractivity contribution is 0.0763. The summed E-state index contributed by atoms with van der Waals surface area (Å²) in [6.07, 6.45) is 4.24. The number of nitrogens with one attached hydrogen (secondary N) is 1. The van der Waals surface area contributed by atoms with Crippen LogP contribution in [0, 0.1) is 0 Å². The summed E-state index contributed by atoms with van der Waals surface area (Å²) in [6.45, 7) is 0.702. The van der Waals surface area contributed by atoms with Crippen molar-refractivity contribution in [2.45, 2.75) is 24.8 Å². The van der Waals surface area contributed by atoms with E-state index in [0.717, 1.165) is 35.7 Å². The van der Waals surface area contributed by atoms with Gasteiger partial charge in [0.05, 0.1) is 5.54 Å². The van der Waals surface area contributed by atoms with Crippen LogP contribution in [-0.2, 0) is 5.54 Å². The van der Waals surface area contributed by atoms with E-state index in [2.05, 4.69) is 9.88 Å². The van der Waals surface area contributed by atoms with Crippen LogP contribution in [0.1, 0.15) is 40.1 Å². The van der Waals surface area contributed by atoms with Gasteiger partial charge in [0.25, 0.3) is 5.91 Å². The Morgan fingerprint density at radius 2 is 2.11 bits per heavy atom. The Balaban J connectivity index is 2.06. The van der Waals surface area contributed by atoms with E-state index in [-0.39, 0.29) is 11.4 Å². The lowest BCUT2D eigenvalue weighted by Gasteiger charge is -2.47. The van der Waals surface area contributed by atoms with Crippen molar-refractivity contribution in [3.8, 4) is 0 Å². The van der Waals surface area contributed by atoms with Crippen LogP contribution in [0.4, 0.5) is 0 Å². The molecule has 19 heavy (non-hydrogen) atoms. The van der Waals surface area contributed by atoms with Crippen molar-refractivity contribution in [3.63, 3.8) is 0 Å². The van der Waals surface area contributed by atoms with E-state index in [9.17, 15) is 9.59 Å². The Morgan fingerprint density at radius 3 is 2.79 bits per heavy atom. The first-order valence-electron chi connectivity index (χ1n) is 6.63. The quantitative estimate of drug-likeness (QED) is 0.792. The third-order valence-corrected chi connectivity index (χ3v) is 4.53. The van der Waals surface area contributed by atoms with Crippen molar-refractivity contribution in [2.24, 2.45) is 0 Å². The van der Waals surface area contributed by atoms with Crippen molar-refractivity contribution in [3.05, 3.63) is 35.5 Å². The van der Waals surface area contributed by atoms with Crippen molar-refractivity contribution in [2.75, 3.05) is 6.54 Å². The highest BCUT2D eigenvalue weighted by Crippen LogP contribution is 2.44. The summed E-state index contributed by atoms with van der Waals surface area (Å²) in [5.74, 6) is -0.0126. The first kappa shape index (κ1) is 10.8. The molecule has 1 N–H and O–H groups in total. The fourth-order valence-electron chi connectivity index (χ4n) is 3.37. The van der Waals surface area contributed by atoms with Gasteiger partial charge in [-0.25, -0.2) is 0 Å². The molecule has 0 atom stereocenters. The fraction of sp³-hybridized carbons (Fsp3) is 0.333. The minimum Gasteiger partial charge on any atom is -0.348 e. The van der Waals surface area contributed by atoms with Gasteiger partial charge in [-0.05, 0) is 31.4 Å². The Labute approximate surface area is 110 Å². The molecule has 4 rings (SSSR count). The number of hydrogen-bond donors (Lipinski definition) is 1. The molecule has 4 nitrogen and oxygen atoms in total. The van der Waals surface area contributed by atoms with Gasteiger partial charge in [-0.15, -0.1) is 0 Å². The van der Waals surface area contributed by atoms with Gasteiger partial charge in [-0.3, -0.25) is 9.59 Å². The van der Waals surface area contributed by atoms with Gasteiger partial charge in [0.1, 0.15) is 12.0 Å². The molecule has 0 bridgehead atoms. The second-order valence-corrected chi connectivity index (χ2v) is 5.56. The molecule has 0 unspecified atom stereocenters. The van der Waals surface area contributed by atoms with E-state index in [0.29, 0.717) is 12.1 Å². The summed E-state index contributed by atoms with van der Waals surface area (Å²) in [4.78, 5) is 23.0. The highest BCUT2D eigenvalue weighted by molar-refractivity contribution is 6.01. The lowest BCUT2D eigenvalue weighted by Crippen LogP contribution is -2.55. The monoisotopic (exact) mass is 254 g/mol. The van der Waals surface area contributed by atoms with Gasteiger partial charge < -0.3 is 9.88 Å². The van der Waals surface area contributed by atoms with Crippen LogP contribution in [-0.4, -0.2) is 23.3 Å². The zero-order valence-corrected chi connectivity index (χ0v) is 10.5. The van der Waals surface area contributed by atoms with Gasteiger partial charge in [0, 0.05) is 23.0 Å². The van der Waals surface area contributed by atoms with Crippen LogP contribution in [0.2, 0.25) is 0 Å². The molecule has 96 valence electrons. The molecule has 2 heterocycles. The Hall–Kier alpha value is -2.10. The number of carbonyl (C=O) groups is 2. The highest BCUT2D eigenvalue weighted by atomic mass is 16.2. The molecule has 2 aromatic rings. The fourth-order valence-corrected chi connectivity index (χ4v) is 3.37. The van der Waals surface area contributed by atoms with Gasteiger partial charge in [0.15, 0.2) is 0 Å². The summed E-state index contributed by atoms with van der Waals surface area (Å²) in [6, 6.07) is 7.54. The van der Waals surface area contributed by atoms with E-state index in [1.165, 1.54) is 6.42 Å². The van der Waals surface area contributed by atoms with E-state index in [1.807, 2.05) is 18.2 Å². The van der Waals surface area contributed by atoms with Gasteiger partial charge in [0.2, 0.25) is 0 Å². The minimum atomic E-state index is -0.0126. The summed E-state index contributed by atoms with van der Waals surface area (Å²) < 4.78 is 2.16. The zero-order valence-electron chi connectivity index (χ0n) is 10.5. The molecular formula is C15H14N2O2. The number of aldehydes is 1. The van der Waals surface area contributed by atoms with Crippen LogP contribution in [0.3, 0.4) is 0 Å². The second-order valence-electron chi connectivity index (χ2n) is 5.56. The normalized spacial score (nSPS) is 19.9. The minimum absolute atomic E-state index is 0.0126. The molecule has 1 aromatic carbocycles. The zero-order chi connectivity index (χ0) is 13.0. The smallest absolute Gasteiger partial charge is 0.268 e. The van der Waals surface area contributed by atoms with Crippen LogP contribution in [0.5, 0.6) is 0 Å². The number of amides is 1. The molecule has 1 aliphatic carbocycles. The number of benzene rings is 1. The SMILES string of the molecule is O=Cc1ccc2cc3n(c2c1)C1(CCC1)CNC3=O. The Kier molecular flexibility index (Phi) is 1.97. The predicted octanol–water partition coefficient (Wildman–Crippen LogP) is 2.08. The van der Waals surface area contributed by atoms with E-state index >= 15 is 0 Å². The third kappa shape index (κ3) is 1.28. The van der Waals surface area contributed by atoms with Crippen LogP contribution in [0.25, 0.3) is 10.9 Å². The predicted molar refractivity (Wildman–Crippen MR) is 71.5 cm³/mol. The van der Waals surface area contributed by atoms with Crippen LogP contribution >= 0.6 is 0 Å². The van der Waals surface area contributed by atoms with Gasteiger partial charge in [-0.2, -0.15) is 0 Å². The maximum atomic E-state index is 12.0. The molecule has 1 amide bonds. The first-order chi connectivity index (χ1) is 9.23. The van der Waals surface area contributed by atoms with Crippen molar-refractivity contribution in [1.29, 1.82) is 0 Å². The largest absolute Gasteiger partial charge is 0.348 e. The summed E-state index contributed by atoms with van der Waals surface area (Å²) >= 11 is 0. The van der Waals surface area contributed by atoms with Gasteiger partial charge >= 0.3 is 0 Å². The molecule has 1 saturated carbocycles. The van der Waals surface area contributed by atoms with Crippen LogP contribution in [0.15, 0.2) is 24.3 Å². The molecule has 0 saturated heterocycles. The number of nitrogens with zero attached hydrogens (tertiary/aromatic N) is 1. The van der Waals surface area contributed by atoms with Crippen molar-refractivity contribution < 1.29 is 9.59 Å². The summed E-state index contributed by atoms with van der Waals surface area (Å²) in [5.41, 5.74) is 2.43. The van der Waals surface area contributed by atoms with Crippen molar-refractivity contribution >= 4 is 23.1 Å². The number of hydrogen-bond acceptors (Lipinski definition) is 2. The standard InChI is InChI=1S/C15H14N2O2/c18-8-10-2-3-11-7-13-14(19)16-9-15(4-1-5-15)17(13)12(11)6-10/h2-3,6-8H,1,4-5,9H2,(H,16,19). The number of aromatic nitrogens is 1. The highest BCUT2D eigenvalue weighted by Gasteiger charge is 2.44. The van der Waals surface area contributed by atoms with E-state index in [1.54, 1.807) is 6.07 Å². The number of carbonyl (C=O) groups excluding carboxylic acids is 2. The molecule has 1 spiro atoms. The molecule has 1 aromatic heterocycles. The first-order valence-corrected chi connectivity index (χ1v) is 6.63. The van der Waals surface area contributed by atoms with Gasteiger partial charge in [-0.1, -0.05) is 12.1 Å². The molecule has 0 radical (unpaired) electrons. The van der Waals surface area contributed by atoms with E-state index < -0.39 is 0 Å². The van der Waals surface area contributed by atoms with Crippen molar-refractivity contribution in [1.82, 2.24) is 9.88 Å². The average Bonchev–Trinajstić information content (AvgIpc) is 2.77. The molecule has 1 fully saturated rings. The molecular weight excluding hydrogens is 240 g/mol. The van der Waals surface area contributed by atoms with E-state index in [4.69, 9.17) is 0 Å². The second kappa shape index (κ2) is 3.47. The maximum absolute atomic E-state index is 12.0. The molecule has 4 heteroatoms. The number of rotatable bonds is 1. The Morgan fingerprint density at radius 1 is 1.26 bits per heavy atom. The lowest BCUT2D eigenvalue weighted by atomic mass is 9.75. The average molecular weight is 254 g/mol. The Bertz CT molecular complexity index is 710. The molecule has 2 aliphatic rings. The summed E-state index contributed by atoms with van der Waals surface area (Å²) in [5, 5.41) is 4.02. The van der Waals surface area contributed by atoms with Crippen LogP contribution < -0.4 is 5.32 Å². The maximum Gasteiger partial charge on any atom is 0.268 e. The topological polar surface area (TPSA) is 51.1 Å². The third-order valence-electron chi connectivity index (χ3n) is 4.53. The number of fused-ring (bicyclic) bond motifs is 4.